The second-order valence-corrected chi connectivity index (χ2v) is 25.4. The van der Waals surface area contributed by atoms with Crippen LogP contribution < -0.4 is 50.8 Å². The van der Waals surface area contributed by atoms with Crippen molar-refractivity contribution in [3.8, 4) is 74.0 Å². The van der Waals surface area contributed by atoms with Gasteiger partial charge in [-0.1, -0.05) is 48.0 Å². The first-order valence-electron chi connectivity index (χ1n) is 33.9. The number of hydrogen-bond donors (Lipinski definition) is 12. The molecule has 3 aliphatic rings. The third-order valence-corrected chi connectivity index (χ3v) is 18.4. The highest BCUT2D eigenvalue weighted by molar-refractivity contribution is 6.33. The standard InChI is InChI=1S/C26H27N5O4.C25H24ClN5O3.C25H24FN5O3/c1-27-24(33)16-9-12-20(21(13-16)34-2)29-26-30-23-22(25(31-26)35-18-5-3-4-6-18)19(14-28-23)15-7-10-17(32)11-8-15;2*1-27-23(33)15-8-11-20(19(26)12-15)29-25-30-22-21(24(31-25)34-17-4-2-3-5-17)18(13-28-22)14-6-9-16(32)10-7-14/h7-14,18,32H,3-6H2,1-2H3,(H,27,33)(H2,28,29,30,31);2*6-13,17,32H,2-5H2,1H3,(H,27,33)(H2,28,29,30,31). The molecular formula is C76H75ClFN15O10. The number of nitrogens with one attached hydrogen (secondary N) is 9. The van der Waals surface area contributed by atoms with Crippen LogP contribution in [0.15, 0.2) is 146 Å². The van der Waals surface area contributed by atoms with Gasteiger partial charge in [-0.15, -0.1) is 0 Å². The lowest BCUT2D eigenvalue weighted by atomic mass is 10.1. The summed E-state index contributed by atoms with van der Waals surface area (Å²) >= 11 is 6.42. The number of ether oxygens (including phenoxy) is 4. The number of phenols is 3. The highest BCUT2D eigenvalue weighted by atomic mass is 35.5. The summed E-state index contributed by atoms with van der Waals surface area (Å²) in [5.41, 5.74) is 9.62. The molecule has 6 aromatic carbocycles. The molecule has 15 rings (SSSR count). The smallest absolute Gasteiger partial charge is 0.251 e. The van der Waals surface area contributed by atoms with Gasteiger partial charge < -0.3 is 81.1 Å². The third-order valence-electron chi connectivity index (χ3n) is 18.1. The normalized spacial score (nSPS) is 13.8. The first kappa shape index (κ1) is 69.3. The maximum atomic E-state index is 14.7. The van der Waals surface area contributed by atoms with E-state index in [-0.39, 0.29) is 70.5 Å². The highest BCUT2D eigenvalue weighted by Crippen LogP contribution is 2.42. The summed E-state index contributed by atoms with van der Waals surface area (Å²) < 4.78 is 39.2. The Hall–Kier alpha value is -12.2. The summed E-state index contributed by atoms with van der Waals surface area (Å²) in [6, 6.07) is 35.1. The zero-order chi connectivity index (χ0) is 71.7. The second-order valence-electron chi connectivity index (χ2n) is 25.0. The Morgan fingerprint density at radius 3 is 1.10 bits per heavy atom. The van der Waals surface area contributed by atoms with E-state index in [9.17, 15) is 34.1 Å². The minimum absolute atomic E-state index is 0.0529. The van der Waals surface area contributed by atoms with Gasteiger partial charge in [0.2, 0.25) is 35.5 Å². The Morgan fingerprint density at radius 1 is 0.437 bits per heavy atom. The van der Waals surface area contributed by atoms with Crippen molar-refractivity contribution in [2.45, 2.75) is 95.4 Å². The van der Waals surface area contributed by atoms with Crippen LogP contribution in [-0.2, 0) is 0 Å². The van der Waals surface area contributed by atoms with Crippen LogP contribution in [0.2, 0.25) is 5.02 Å². The summed E-state index contributed by atoms with van der Waals surface area (Å²) in [6.07, 6.45) is 18.4. The lowest BCUT2D eigenvalue weighted by molar-refractivity contribution is 0.0954. The Labute approximate surface area is 595 Å². The van der Waals surface area contributed by atoms with Gasteiger partial charge in [-0.2, -0.15) is 29.9 Å². The fourth-order valence-corrected chi connectivity index (χ4v) is 13.0. The Balaban J connectivity index is 0.000000138. The molecule has 12 aromatic rings. The van der Waals surface area contributed by atoms with Gasteiger partial charge in [0, 0.05) is 73.1 Å². The third kappa shape index (κ3) is 15.9. The van der Waals surface area contributed by atoms with E-state index in [1.807, 2.05) is 55.0 Å². The van der Waals surface area contributed by atoms with E-state index in [4.69, 9.17) is 40.5 Å². The van der Waals surface area contributed by atoms with Gasteiger partial charge in [0.05, 0.1) is 45.4 Å². The molecule has 12 N–H and O–H groups in total. The topological polar surface area (TPSA) is 346 Å². The number of halogens is 2. The van der Waals surface area contributed by atoms with Crippen LogP contribution in [0.25, 0.3) is 66.5 Å². The molecule has 0 aliphatic heterocycles. The number of aromatic nitrogens is 9. The lowest BCUT2D eigenvalue weighted by Crippen LogP contribution is -2.18. The minimum Gasteiger partial charge on any atom is -0.508 e. The number of carbonyl (C=O) groups excluding carboxylic acids is 3. The number of carbonyl (C=O) groups is 3. The average Bonchev–Trinajstić information content (AvgIpc) is 1.68. The van der Waals surface area contributed by atoms with Gasteiger partial charge in [0.1, 0.15) is 64.1 Å². The van der Waals surface area contributed by atoms with Crippen LogP contribution in [0, 0.1) is 5.82 Å². The van der Waals surface area contributed by atoms with E-state index in [1.54, 1.807) is 94.0 Å². The van der Waals surface area contributed by atoms with Crippen LogP contribution in [-0.4, -0.2) is 124 Å². The first-order chi connectivity index (χ1) is 50.1. The van der Waals surface area contributed by atoms with Crippen molar-refractivity contribution in [1.82, 2.24) is 60.8 Å². The van der Waals surface area contributed by atoms with Crippen molar-refractivity contribution in [1.29, 1.82) is 0 Å². The van der Waals surface area contributed by atoms with Crippen molar-refractivity contribution in [2.24, 2.45) is 0 Å². The van der Waals surface area contributed by atoms with Crippen molar-refractivity contribution in [3.63, 3.8) is 0 Å². The van der Waals surface area contributed by atoms with E-state index in [0.717, 1.165) is 133 Å². The largest absolute Gasteiger partial charge is 0.508 e. The molecule has 3 fully saturated rings. The lowest BCUT2D eigenvalue weighted by Gasteiger charge is -2.16. The molecule has 0 atom stereocenters. The van der Waals surface area contributed by atoms with Crippen LogP contribution in [0.5, 0.6) is 40.6 Å². The maximum Gasteiger partial charge on any atom is 0.251 e. The molecule has 3 aliphatic carbocycles. The van der Waals surface area contributed by atoms with Gasteiger partial charge >= 0.3 is 0 Å². The molecule has 3 amide bonds. The maximum absolute atomic E-state index is 14.7. The molecule has 0 radical (unpaired) electrons. The molecule has 0 saturated heterocycles. The number of fused-ring (bicyclic) bond motifs is 3. The number of rotatable bonds is 19. The summed E-state index contributed by atoms with van der Waals surface area (Å²) in [5.74, 6) is 1.92. The van der Waals surface area contributed by atoms with E-state index >= 15 is 0 Å². The second kappa shape index (κ2) is 31.1. The molecule has 528 valence electrons. The molecule has 6 aromatic heterocycles. The Kier molecular flexibility index (Phi) is 21.0. The van der Waals surface area contributed by atoms with Crippen molar-refractivity contribution < 1.29 is 53.0 Å². The molecule has 0 bridgehead atoms. The molecule has 25 nitrogen and oxygen atoms in total. The summed E-state index contributed by atoms with van der Waals surface area (Å²) in [4.78, 5) is 73.1. The van der Waals surface area contributed by atoms with Gasteiger partial charge in [0.15, 0.2) is 0 Å². The van der Waals surface area contributed by atoms with Crippen LogP contribution in [0.4, 0.5) is 39.3 Å². The predicted molar refractivity (Wildman–Crippen MR) is 392 cm³/mol. The number of phenolic OH excluding ortho intramolecular Hbond substituents is 3. The van der Waals surface area contributed by atoms with Crippen molar-refractivity contribution in [3.05, 3.63) is 174 Å². The van der Waals surface area contributed by atoms with Gasteiger partial charge in [0.25, 0.3) is 17.7 Å². The number of benzene rings is 6. The van der Waals surface area contributed by atoms with Gasteiger partial charge in [-0.3, -0.25) is 14.4 Å². The van der Waals surface area contributed by atoms with E-state index < -0.39 is 5.82 Å². The number of aromatic hydroxyl groups is 3. The van der Waals surface area contributed by atoms with E-state index in [1.165, 1.54) is 19.2 Å². The molecule has 27 heteroatoms. The molecule has 0 unspecified atom stereocenters. The fourth-order valence-electron chi connectivity index (χ4n) is 12.8. The van der Waals surface area contributed by atoms with Crippen molar-refractivity contribution in [2.75, 3.05) is 44.2 Å². The molecule has 3 saturated carbocycles. The van der Waals surface area contributed by atoms with E-state index in [2.05, 4.69) is 66.8 Å². The molecule has 103 heavy (non-hydrogen) atoms. The SMILES string of the molecule is CNC(=O)c1ccc(Nc2nc(OC3CCCC3)c3c(-c4ccc(O)cc4)c[nH]c3n2)c(Cl)c1.CNC(=O)c1ccc(Nc2nc(OC3CCCC3)c3c(-c4ccc(O)cc4)c[nH]c3n2)c(F)c1.CNC(=O)c1ccc(Nc2nc(OC3CCCC3)c3c(-c4ccc(O)cc4)c[nH]c3n2)c(OC)c1. The van der Waals surface area contributed by atoms with Crippen molar-refractivity contribution >= 4 is 97.3 Å². The summed E-state index contributed by atoms with van der Waals surface area (Å²) in [5, 5.41) is 48.6. The fraction of sp³-hybridized carbons (Fsp3) is 0.250. The molecule has 0 spiro atoms. The number of H-pyrrole nitrogens is 3. The van der Waals surface area contributed by atoms with Crippen LogP contribution in [0.3, 0.4) is 0 Å². The number of nitrogens with zero attached hydrogens (tertiary/aromatic N) is 6. The van der Waals surface area contributed by atoms with Gasteiger partial charge in [-0.25, -0.2) is 4.39 Å². The zero-order valence-electron chi connectivity index (χ0n) is 56.7. The van der Waals surface area contributed by atoms with E-state index in [0.29, 0.717) is 79.8 Å². The number of hydrogen-bond acceptors (Lipinski definition) is 19. The average molecular weight is 1410 g/mol. The number of anilines is 6. The Morgan fingerprint density at radius 2 is 0.757 bits per heavy atom. The van der Waals surface area contributed by atoms with Gasteiger partial charge in [-0.05, 0) is 185 Å². The number of amides is 3. The zero-order valence-corrected chi connectivity index (χ0v) is 57.5. The molecule has 6 heterocycles. The van der Waals surface area contributed by atoms with Crippen LogP contribution in [0.1, 0.15) is 108 Å². The predicted octanol–water partition coefficient (Wildman–Crippen LogP) is 15.1. The highest BCUT2D eigenvalue weighted by Gasteiger charge is 2.27. The first-order valence-corrected chi connectivity index (χ1v) is 34.3. The number of aromatic amines is 3. The minimum atomic E-state index is -0.598. The Bertz CT molecular complexity index is 4850. The monoisotopic (exact) mass is 1410 g/mol. The molecular weight excluding hydrogens is 1340 g/mol. The number of methoxy groups -OCH3 is 1. The summed E-state index contributed by atoms with van der Waals surface area (Å²) in [6.45, 7) is 0. The van der Waals surface area contributed by atoms with Crippen LogP contribution >= 0.6 is 11.6 Å². The summed E-state index contributed by atoms with van der Waals surface area (Å²) in [7, 11) is 6.19. The quantitative estimate of drug-likeness (QED) is 0.0358.